The molecule has 0 heterocycles. The van der Waals surface area contributed by atoms with Crippen molar-refractivity contribution in [2.24, 2.45) is 0 Å². The summed E-state index contributed by atoms with van der Waals surface area (Å²) in [6.45, 7) is 21.1. The molecular weight excluding hydrogens is 667 g/mol. The Morgan fingerprint density at radius 1 is 0.564 bits per heavy atom. The molecule has 8 aromatic rings. The van der Waals surface area contributed by atoms with E-state index in [9.17, 15) is 5.26 Å². The molecule has 266 valence electrons. The van der Waals surface area contributed by atoms with Crippen LogP contribution >= 0.6 is 0 Å². The number of para-hydroxylation sites is 2. The van der Waals surface area contributed by atoms with Gasteiger partial charge in [-0.25, -0.2) is 4.85 Å². The summed E-state index contributed by atoms with van der Waals surface area (Å²) < 4.78 is 5.25. The van der Waals surface area contributed by atoms with Crippen molar-refractivity contribution in [2.75, 3.05) is 9.80 Å². The molecule has 0 spiro atoms. The molecule has 8 aromatic carbocycles. The van der Waals surface area contributed by atoms with Gasteiger partial charge in [0.05, 0.1) is 29.6 Å². The van der Waals surface area contributed by atoms with E-state index in [-0.39, 0.29) is 11.8 Å². The lowest BCUT2D eigenvalue weighted by molar-refractivity contribution is 0.875. The van der Waals surface area contributed by atoms with Crippen LogP contribution in [0.5, 0.6) is 0 Å². The van der Waals surface area contributed by atoms with Crippen molar-refractivity contribution in [3.8, 4) is 6.07 Å². The zero-order chi connectivity index (χ0) is 39.7. The van der Waals surface area contributed by atoms with Crippen LogP contribution in [0.25, 0.3) is 37.2 Å². The second kappa shape index (κ2) is 14.7. The molecule has 0 unspecified atom stereocenters. The van der Waals surface area contributed by atoms with Crippen LogP contribution in [0, 0.1) is 31.8 Å². The molecule has 0 saturated carbocycles. The molecule has 0 saturated heterocycles. The van der Waals surface area contributed by atoms with E-state index in [0.29, 0.717) is 11.3 Å². The molecule has 0 fully saturated rings. The van der Waals surface area contributed by atoms with Gasteiger partial charge in [0.2, 0.25) is 0 Å². The van der Waals surface area contributed by atoms with Gasteiger partial charge >= 0.3 is 0 Å². The Kier molecular flexibility index (Phi) is 9.48. The van der Waals surface area contributed by atoms with E-state index in [2.05, 4.69) is 180 Å². The number of nitrogens with zero attached hydrogens (tertiary/aromatic N) is 4. The largest absolute Gasteiger partial charge is 0.310 e. The SMILES string of the molecule is [2H][B].[C-]#[N+]c1ccc(N(c2ccccc2C)c2cc(C(C)C)c3ccc4c(N(c5ccc(C#N)cc5)c5ccccc5C)cc(C(C)C)c5ccc2c3c54)cc1. The molecule has 0 N–H and O–H groups in total. The minimum atomic E-state index is 0.265. The topological polar surface area (TPSA) is 34.6 Å². The molecule has 0 aliphatic carbocycles. The van der Waals surface area contributed by atoms with Gasteiger partial charge in [0.25, 0.3) is 0 Å². The molecule has 8 rings (SSSR count). The fourth-order valence-corrected chi connectivity index (χ4v) is 8.14. The average molecular weight is 712 g/mol. The first-order valence-electron chi connectivity index (χ1n) is 19.3. The molecular formula is C50H43BN4. The zero-order valence-electron chi connectivity index (χ0n) is 33.2. The quantitative estimate of drug-likeness (QED) is 0.0894. The molecule has 0 bridgehead atoms. The fraction of sp³-hybridized carbons (Fsp3) is 0.160. The monoisotopic (exact) mass is 711 g/mol. The van der Waals surface area contributed by atoms with Crippen LogP contribution < -0.4 is 9.80 Å². The molecule has 2 radical (unpaired) electrons. The van der Waals surface area contributed by atoms with Gasteiger partial charge in [0.15, 0.2) is 5.69 Å². The first-order chi connectivity index (χ1) is 27.2. The summed E-state index contributed by atoms with van der Waals surface area (Å²) in [5.74, 6) is 0.532. The number of anilines is 6. The van der Waals surface area contributed by atoms with Crippen LogP contribution in [0.1, 0.15) is 67.3 Å². The summed E-state index contributed by atoms with van der Waals surface area (Å²) in [5.41, 5.74) is 12.6. The maximum absolute atomic E-state index is 9.67. The van der Waals surface area contributed by atoms with Crippen LogP contribution in [0.15, 0.2) is 133 Å². The Morgan fingerprint density at radius 3 is 1.35 bits per heavy atom. The normalized spacial score (nSPS) is 11.3. The van der Waals surface area contributed by atoms with Gasteiger partial charge in [0, 0.05) is 41.9 Å². The van der Waals surface area contributed by atoms with Gasteiger partial charge in [-0.2, -0.15) is 5.26 Å². The number of nitriles is 1. The lowest BCUT2D eigenvalue weighted by atomic mass is 9.84. The van der Waals surface area contributed by atoms with Crippen molar-refractivity contribution in [3.05, 3.63) is 173 Å². The summed E-state index contributed by atoms with van der Waals surface area (Å²) in [6.07, 6.45) is 0. The van der Waals surface area contributed by atoms with Gasteiger partial charge in [-0.1, -0.05) is 100 Å². The van der Waals surface area contributed by atoms with E-state index < -0.39 is 0 Å². The van der Waals surface area contributed by atoms with Crippen LogP contribution in [0.3, 0.4) is 0 Å². The summed E-state index contributed by atoms with van der Waals surface area (Å²) >= 11 is 0. The van der Waals surface area contributed by atoms with E-state index >= 15 is 0 Å². The van der Waals surface area contributed by atoms with E-state index in [1.807, 2.05) is 24.3 Å². The van der Waals surface area contributed by atoms with Crippen molar-refractivity contribution in [2.45, 2.75) is 53.4 Å². The lowest BCUT2D eigenvalue weighted by Gasteiger charge is -2.32. The molecule has 4 nitrogen and oxygen atoms in total. The van der Waals surface area contributed by atoms with Gasteiger partial charge in [-0.3, -0.25) is 0 Å². The fourth-order valence-electron chi connectivity index (χ4n) is 8.14. The van der Waals surface area contributed by atoms with Gasteiger partial charge in [-0.15, -0.1) is 0 Å². The molecule has 5 heteroatoms. The molecule has 0 amide bonds. The predicted molar refractivity (Wildman–Crippen MR) is 235 cm³/mol. The third-order valence-electron chi connectivity index (χ3n) is 10.8. The van der Waals surface area contributed by atoms with E-state index in [4.69, 9.17) is 7.91 Å². The smallest absolute Gasteiger partial charge is 0.187 e. The van der Waals surface area contributed by atoms with Gasteiger partial charge in [-0.05, 0) is 131 Å². The molecule has 0 aliphatic rings. The first-order valence-corrected chi connectivity index (χ1v) is 18.7. The maximum Gasteiger partial charge on any atom is 0.187 e. The van der Waals surface area contributed by atoms with E-state index in [1.54, 1.807) is 0 Å². The standard InChI is InChI=1S/C50H42N4.BH/c1-31(2)43-28-47(53(45-14-10-8-12-33(45)5)37-20-16-35(30-51)17-21-37)41-26-24-40-44(32(3)4)29-48(42-27-25-39(43)49(41)50(40)42)54(46-15-11-9-13-34(46)6)38-22-18-36(52-7)19-23-38;/h8-29,31-32H,1-6H3;1H/i;1D. The van der Waals surface area contributed by atoms with Gasteiger partial charge in [0.1, 0.15) is 0 Å². The maximum atomic E-state index is 9.67. The highest BCUT2D eigenvalue weighted by atomic mass is 15.2. The van der Waals surface area contributed by atoms with Crippen molar-refractivity contribution in [3.63, 3.8) is 0 Å². The Balaban J connectivity index is 0.00000237. The summed E-state index contributed by atoms with van der Waals surface area (Å²) in [4.78, 5) is 8.44. The molecule has 55 heavy (non-hydrogen) atoms. The van der Waals surface area contributed by atoms with Crippen molar-refractivity contribution in [1.82, 2.24) is 0 Å². The third kappa shape index (κ3) is 6.23. The highest BCUT2D eigenvalue weighted by molar-refractivity contribution is 6.29. The van der Waals surface area contributed by atoms with Crippen molar-refractivity contribution < 1.29 is 0 Å². The third-order valence-corrected chi connectivity index (χ3v) is 10.8. The Labute approximate surface area is 328 Å². The van der Waals surface area contributed by atoms with Gasteiger partial charge < -0.3 is 9.80 Å². The Bertz CT molecular complexity index is 2580. The van der Waals surface area contributed by atoms with E-state index in [0.717, 1.165) is 34.1 Å². The number of aryl methyl sites for hydroxylation is 2. The molecule has 0 aromatic heterocycles. The predicted octanol–water partition coefficient (Wildman–Crippen LogP) is 14.2. The van der Waals surface area contributed by atoms with Crippen LogP contribution in [-0.2, 0) is 0 Å². The molecule has 0 aliphatic heterocycles. The number of hydrogen-bond donors (Lipinski definition) is 0. The minimum absolute atomic E-state index is 0.265. The summed E-state index contributed by atoms with van der Waals surface area (Å²) in [5, 5.41) is 17.1. The lowest BCUT2D eigenvalue weighted by Crippen LogP contribution is -2.14. The van der Waals surface area contributed by atoms with Crippen LogP contribution in [-0.4, -0.2) is 9.71 Å². The van der Waals surface area contributed by atoms with Crippen molar-refractivity contribution >= 4 is 80.5 Å². The number of hydrogen-bond acceptors (Lipinski definition) is 3. The number of rotatable bonds is 8. The van der Waals surface area contributed by atoms with Crippen LogP contribution in [0.4, 0.5) is 39.8 Å². The second-order valence-corrected chi connectivity index (χ2v) is 14.9. The van der Waals surface area contributed by atoms with Crippen molar-refractivity contribution in [1.29, 1.82) is 6.60 Å². The highest BCUT2D eigenvalue weighted by Crippen LogP contribution is 2.51. The summed E-state index contributed by atoms with van der Waals surface area (Å²) in [7, 11) is 3.75. The Hall–Kier alpha value is -6.56. The number of benzene rings is 8. The van der Waals surface area contributed by atoms with Crippen LogP contribution in [0.2, 0.25) is 0 Å². The Morgan fingerprint density at radius 2 is 0.964 bits per heavy atom. The minimum Gasteiger partial charge on any atom is -0.310 e. The van der Waals surface area contributed by atoms with E-state index in [1.165, 1.54) is 54.6 Å². The highest BCUT2D eigenvalue weighted by Gasteiger charge is 2.26. The summed E-state index contributed by atoms with van der Waals surface area (Å²) in [6, 6.07) is 49.4. The molecule has 0 atom stereocenters. The zero-order valence-corrected chi connectivity index (χ0v) is 32.2. The average Bonchev–Trinajstić information content (AvgIpc) is 3.23. The first kappa shape index (κ1) is 35.5. The second-order valence-electron chi connectivity index (χ2n) is 14.9.